The van der Waals surface area contributed by atoms with Crippen LogP contribution < -0.4 is 0 Å². The van der Waals surface area contributed by atoms with Gasteiger partial charge in [0.2, 0.25) is 0 Å². The van der Waals surface area contributed by atoms with Gasteiger partial charge in [-0.1, -0.05) is 274 Å². The fourth-order valence-electron chi connectivity index (χ4n) is 9.75. The maximum Gasteiger partial charge on any atom is 0.472 e. The largest absolute Gasteiger partial charge is 0.472 e. The Hall–Kier alpha value is -5.84. The molecule has 0 aliphatic rings. The summed E-state index contributed by atoms with van der Waals surface area (Å²) in [5.41, 5.74) is 0. The Morgan fingerprint density at radius 3 is 0.868 bits per heavy atom. The van der Waals surface area contributed by atoms with Gasteiger partial charge < -0.3 is 33.8 Å². The lowest BCUT2D eigenvalue weighted by Crippen LogP contribution is -2.30. The van der Waals surface area contributed by atoms with E-state index in [1.54, 1.807) is 0 Å². The second-order valence-electron chi connectivity index (χ2n) is 25.9. The number of aliphatic hydroxyl groups excluding tert-OH is 1. The highest BCUT2D eigenvalue weighted by atomic mass is 31.2. The standard InChI is InChI=1S/C87H140O17P2/c1-5-9-13-17-21-25-29-33-36-39-40-43-44-48-52-56-60-64-68-72-85(90)98-78-83(104-87(92)74-70-66-62-58-54-50-46-42-38-35-31-27-23-19-15-11-7-3)80-102-106(95,96)100-76-81(88)75-99-105(93,94)101-79-82(77-97-84(89)71-67-63-59-55-51-47-32-28-24-20-16-12-8-4)103-86(91)73-69-65-61-57-53-49-45-41-37-34-30-26-22-18-14-10-6-2/h9,13,21-23,25-28,32-38,40,43,45-46,48-50,52,57-58,60-62,64,81-83,88H,5-8,10-12,14-20,24,29-31,39,41-42,44,47,51,53-56,59,63,65-80H2,1-4H3,(H,93,94)(H,95,96)/b13-9-,25-21-,26-22-,27-23-,32-28-,36-33-,37-34-,38-35-,43-40-,49-45-,50-46-,52-48-,61-57-,62-58-,64-60-/t81-,82+,83+/m0/s1. The molecule has 106 heavy (non-hydrogen) atoms. The Morgan fingerprint density at radius 1 is 0.274 bits per heavy atom. The molecule has 0 spiro atoms. The predicted octanol–water partition coefficient (Wildman–Crippen LogP) is 23.6. The molecule has 0 aromatic heterocycles. The maximum atomic E-state index is 13.1. The topological polar surface area (TPSA) is 237 Å². The lowest BCUT2D eigenvalue weighted by molar-refractivity contribution is -0.161. The Balaban J connectivity index is 5.56. The van der Waals surface area contributed by atoms with Gasteiger partial charge in [0, 0.05) is 25.7 Å². The van der Waals surface area contributed by atoms with Gasteiger partial charge in [0.05, 0.1) is 26.4 Å². The molecule has 0 rings (SSSR count). The summed E-state index contributed by atoms with van der Waals surface area (Å²) in [6.07, 6.45) is 93.3. The summed E-state index contributed by atoms with van der Waals surface area (Å²) in [5, 5.41) is 10.6. The van der Waals surface area contributed by atoms with Crippen molar-refractivity contribution in [1.29, 1.82) is 0 Å². The van der Waals surface area contributed by atoms with Gasteiger partial charge in [-0.3, -0.25) is 37.3 Å². The van der Waals surface area contributed by atoms with Crippen molar-refractivity contribution in [2.24, 2.45) is 0 Å². The van der Waals surface area contributed by atoms with Crippen LogP contribution in [-0.2, 0) is 65.4 Å². The minimum absolute atomic E-state index is 0.00558. The van der Waals surface area contributed by atoms with Gasteiger partial charge >= 0.3 is 39.5 Å². The maximum absolute atomic E-state index is 13.1. The molecule has 0 fully saturated rings. The number of hydrogen-bond donors (Lipinski definition) is 3. The van der Waals surface area contributed by atoms with E-state index in [0.717, 1.165) is 122 Å². The van der Waals surface area contributed by atoms with Crippen molar-refractivity contribution in [3.8, 4) is 0 Å². The fourth-order valence-corrected chi connectivity index (χ4v) is 11.3. The van der Waals surface area contributed by atoms with E-state index in [2.05, 4.69) is 167 Å². The summed E-state index contributed by atoms with van der Waals surface area (Å²) in [5.74, 6) is -2.43. The van der Waals surface area contributed by atoms with E-state index < -0.39 is 97.5 Å². The molecule has 600 valence electrons. The van der Waals surface area contributed by atoms with Crippen LogP contribution in [0.1, 0.15) is 285 Å². The van der Waals surface area contributed by atoms with Gasteiger partial charge in [0.1, 0.15) is 19.3 Å². The molecule has 0 heterocycles. The first-order valence-corrected chi connectivity index (χ1v) is 43.0. The molecule has 0 amide bonds. The fraction of sp³-hybridized carbons (Fsp3) is 0.609. The number of aliphatic hydroxyl groups is 1. The number of phosphoric acid groups is 2. The summed E-state index contributed by atoms with van der Waals surface area (Å²) in [6.45, 7) is 4.44. The molecule has 0 bridgehead atoms. The molecule has 0 saturated carbocycles. The second kappa shape index (κ2) is 77.3. The highest BCUT2D eigenvalue weighted by Gasteiger charge is 2.30. The number of carbonyl (C=O) groups is 4. The van der Waals surface area contributed by atoms with E-state index in [9.17, 15) is 43.2 Å². The monoisotopic (exact) mass is 1520 g/mol. The van der Waals surface area contributed by atoms with E-state index in [1.165, 1.54) is 64.2 Å². The smallest absolute Gasteiger partial charge is 0.462 e. The average molecular weight is 1520 g/mol. The third kappa shape index (κ3) is 76.4. The zero-order valence-corrected chi connectivity index (χ0v) is 67.3. The van der Waals surface area contributed by atoms with E-state index in [-0.39, 0.29) is 25.7 Å². The van der Waals surface area contributed by atoms with E-state index in [0.29, 0.717) is 44.9 Å². The number of hydrogen-bond acceptors (Lipinski definition) is 15. The summed E-state index contributed by atoms with van der Waals surface area (Å²) < 4.78 is 68.4. The van der Waals surface area contributed by atoms with E-state index in [4.69, 9.17) is 37.0 Å². The second-order valence-corrected chi connectivity index (χ2v) is 28.8. The Labute approximate surface area is 641 Å². The molecule has 5 atom stereocenters. The van der Waals surface area contributed by atoms with Crippen LogP contribution in [0.15, 0.2) is 182 Å². The zero-order valence-electron chi connectivity index (χ0n) is 65.5. The van der Waals surface area contributed by atoms with Crippen molar-refractivity contribution in [2.75, 3.05) is 39.6 Å². The molecule has 2 unspecified atom stereocenters. The molecule has 0 radical (unpaired) electrons. The lowest BCUT2D eigenvalue weighted by Gasteiger charge is -2.21. The average Bonchev–Trinajstić information content (AvgIpc) is 0.903. The predicted molar refractivity (Wildman–Crippen MR) is 436 cm³/mol. The number of carbonyl (C=O) groups excluding carboxylic acids is 4. The van der Waals surface area contributed by atoms with Crippen LogP contribution in [0.25, 0.3) is 0 Å². The number of rotatable bonds is 73. The Bertz CT molecular complexity index is 2730. The molecule has 17 nitrogen and oxygen atoms in total. The van der Waals surface area contributed by atoms with Gasteiger partial charge in [-0.05, 0) is 167 Å². The zero-order chi connectivity index (χ0) is 77.4. The van der Waals surface area contributed by atoms with Crippen LogP contribution in [-0.4, -0.2) is 96.7 Å². The molecule has 0 aromatic carbocycles. The first kappa shape index (κ1) is 100. The van der Waals surface area contributed by atoms with Gasteiger partial charge in [0.15, 0.2) is 12.2 Å². The third-order valence-electron chi connectivity index (χ3n) is 15.8. The number of ether oxygens (including phenoxy) is 4. The summed E-state index contributed by atoms with van der Waals surface area (Å²) >= 11 is 0. The normalized spacial score (nSPS) is 14.8. The Morgan fingerprint density at radius 2 is 0.519 bits per heavy atom. The summed E-state index contributed by atoms with van der Waals surface area (Å²) in [4.78, 5) is 73.0. The molecule has 0 aromatic rings. The minimum atomic E-state index is -5.02. The first-order valence-electron chi connectivity index (χ1n) is 40.0. The quantitative estimate of drug-likeness (QED) is 0.0169. The van der Waals surface area contributed by atoms with Crippen LogP contribution in [0.2, 0.25) is 0 Å². The van der Waals surface area contributed by atoms with Crippen molar-refractivity contribution in [2.45, 2.75) is 303 Å². The molecule has 3 N–H and O–H groups in total. The number of esters is 4. The highest BCUT2D eigenvalue weighted by Crippen LogP contribution is 2.45. The molecule has 0 aliphatic heterocycles. The van der Waals surface area contributed by atoms with Gasteiger partial charge in [-0.15, -0.1) is 0 Å². The number of phosphoric ester groups is 2. The molecular formula is C87H140O17P2. The van der Waals surface area contributed by atoms with E-state index in [1.807, 2.05) is 42.5 Å². The summed E-state index contributed by atoms with van der Waals surface area (Å²) in [7, 11) is -10.0. The molecule has 19 heteroatoms. The minimum Gasteiger partial charge on any atom is -0.462 e. The van der Waals surface area contributed by atoms with Gasteiger partial charge in [-0.2, -0.15) is 0 Å². The lowest BCUT2D eigenvalue weighted by atomic mass is 10.1. The van der Waals surface area contributed by atoms with E-state index >= 15 is 0 Å². The Kier molecular flexibility index (Phi) is 73.1. The van der Waals surface area contributed by atoms with Crippen molar-refractivity contribution in [1.82, 2.24) is 0 Å². The van der Waals surface area contributed by atoms with Crippen LogP contribution in [0.5, 0.6) is 0 Å². The first-order chi connectivity index (χ1) is 51.7. The number of unbranched alkanes of at least 4 members (excludes halogenated alkanes) is 17. The van der Waals surface area contributed by atoms with Crippen molar-refractivity contribution in [3.63, 3.8) is 0 Å². The molecular weight excluding hydrogens is 1380 g/mol. The van der Waals surface area contributed by atoms with Crippen molar-refractivity contribution in [3.05, 3.63) is 182 Å². The summed E-state index contributed by atoms with van der Waals surface area (Å²) in [6, 6.07) is 0. The van der Waals surface area contributed by atoms with Crippen LogP contribution in [0.4, 0.5) is 0 Å². The highest BCUT2D eigenvalue weighted by molar-refractivity contribution is 7.47. The van der Waals surface area contributed by atoms with Crippen LogP contribution >= 0.6 is 15.6 Å². The number of allylic oxidation sites excluding steroid dienone is 30. The van der Waals surface area contributed by atoms with Crippen molar-refractivity contribution >= 4 is 39.5 Å². The van der Waals surface area contributed by atoms with Gasteiger partial charge in [-0.25, -0.2) is 9.13 Å². The molecule has 0 aliphatic carbocycles. The molecule has 0 saturated heterocycles. The van der Waals surface area contributed by atoms with Gasteiger partial charge in [0.25, 0.3) is 0 Å². The van der Waals surface area contributed by atoms with Crippen LogP contribution in [0.3, 0.4) is 0 Å². The third-order valence-corrected chi connectivity index (χ3v) is 17.7. The van der Waals surface area contributed by atoms with Crippen molar-refractivity contribution < 1.29 is 80.2 Å². The van der Waals surface area contributed by atoms with Crippen LogP contribution in [0, 0.1) is 0 Å². The SMILES string of the molecule is CC/C=C\C/C=C\C/C=C\C/C=C\C/C=C\C/C=C\CCC(=O)OC[C@H](COP(=O)(O)OC[C@@H](O)COP(=O)(O)OC[C@@H](COC(=O)CCCCCCC/C=C\CCCCCC)OC(=O)CCC/C=C\C/C=C\C/C=C\C/C=C\CCCCC)OC(=O)CCC/C=C\C/C=C\C/C=C\C/C=C\CCCCC.